The molecule has 0 saturated heterocycles. The third-order valence-electron chi connectivity index (χ3n) is 3.39. The minimum absolute atomic E-state index is 0.00112. The molecule has 1 aliphatic heterocycles. The van der Waals surface area contributed by atoms with Crippen molar-refractivity contribution >= 4 is 34.8 Å². The van der Waals surface area contributed by atoms with Crippen LogP contribution >= 0.6 is 11.6 Å². The molecule has 0 spiro atoms. The van der Waals surface area contributed by atoms with Crippen LogP contribution < -0.4 is 15.4 Å². The number of ether oxygens (including phenoxy) is 1. The van der Waals surface area contributed by atoms with Crippen molar-refractivity contribution in [3.8, 4) is 5.75 Å². The summed E-state index contributed by atoms with van der Waals surface area (Å²) in [5.41, 5.74) is 0.367. The molecule has 1 unspecified atom stereocenters. The molecule has 118 valence electrons. The number of para-hydroxylation sites is 1. The first-order valence-electron chi connectivity index (χ1n) is 6.83. The van der Waals surface area contributed by atoms with Gasteiger partial charge in [-0.2, -0.15) is 0 Å². The lowest BCUT2D eigenvalue weighted by atomic mass is 10.1. The molecule has 1 atom stereocenters. The topological polar surface area (TPSA) is 67.4 Å². The van der Waals surface area contributed by atoms with E-state index >= 15 is 0 Å². The largest absolute Gasteiger partial charge is 0.479 e. The number of fused-ring (bicyclic) bond motifs is 1. The van der Waals surface area contributed by atoms with E-state index in [9.17, 15) is 14.0 Å². The average molecular weight is 335 g/mol. The second-order valence-corrected chi connectivity index (χ2v) is 5.39. The van der Waals surface area contributed by atoms with Crippen molar-refractivity contribution in [3.63, 3.8) is 0 Å². The SMILES string of the molecule is CC1Oc2cccc(NC(=O)c3c(F)cccc3Cl)c2NC1=O. The Morgan fingerprint density at radius 1 is 1.30 bits per heavy atom. The summed E-state index contributed by atoms with van der Waals surface area (Å²) < 4.78 is 19.3. The lowest BCUT2D eigenvalue weighted by Crippen LogP contribution is -2.35. The molecule has 2 amide bonds. The summed E-state index contributed by atoms with van der Waals surface area (Å²) in [6.07, 6.45) is -0.630. The van der Waals surface area contributed by atoms with E-state index in [0.29, 0.717) is 17.1 Å². The highest BCUT2D eigenvalue weighted by Crippen LogP contribution is 2.36. The summed E-state index contributed by atoms with van der Waals surface area (Å²) in [5, 5.41) is 5.21. The normalized spacial score (nSPS) is 16.1. The van der Waals surface area contributed by atoms with Gasteiger partial charge in [-0.3, -0.25) is 9.59 Å². The summed E-state index contributed by atoms with van der Waals surface area (Å²) in [6.45, 7) is 1.61. The Balaban J connectivity index is 1.94. The third-order valence-corrected chi connectivity index (χ3v) is 3.70. The minimum Gasteiger partial charge on any atom is -0.479 e. The molecule has 2 N–H and O–H groups in total. The maximum absolute atomic E-state index is 13.8. The van der Waals surface area contributed by atoms with Gasteiger partial charge in [0.2, 0.25) is 0 Å². The van der Waals surface area contributed by atoms with Gasteiger partial charge in [-0.1, -0.05) is 23.7 Å². The molecular weight excluding hydrogens is 323 g/mol. The molecule has 0 radical (unpaired) electrons. The number of carbonyl (C=O) groups excluding carboxylic acids is 2. The zero-order valence-corrected chi connectivity index (χ0v) is 12.8. The van der Waals surface area contributed by atoms with Crippen molar-refractivity contribution in [1.29, 1.82) is 0 Å². The van der Waals surface area contributed by atoms with Crippen LogP contribution in [0.1, 0.15) is 17.3 Å². The molecule has 0 saturated carbocycles. The molecule has 2 aromatic rings. The fourth-order valence-electron chi connectivity index (χ4n) is 2.23. The lowest BCUT2D eigenvalue weighted by Gasteiger charge is -2.25. The van der Waals surface area contributed by atoms with Crippen LogP contribution in [0.15, 0.2) is 36.4 Å². The summed E-state index contributed by atoms with van der Waals surface area (Å²) in [6, 6.07) is 8.87. The molecule has 5 nitrogen and oxygen atoms in total. The average Bonchev–Trinajstić information content (AvgIpc) is 2.49. The van der Waals surface area contributed by atoms with E-state index in [1.165, 1.54) is 12.1 Å². The van der Waals surface area contributed by atoms with Crippen molar-refractivity contribution < 1.29 is 18.7 Å². The molecule has 0 aliphatic carbocycles. The van der Waals surface area contributed by atoms with Gasteiger partial charge >= 0.3 is 0 Å². The second kappa shape index (κ2) is 5.89. The number of hydrogen-bond acceptors (Lipinski definition) is 3. The maximum atomic E-state index is 13.8. The summed E-state index contributed by atoms with van der Waals surface area (Å²) in [7, 11) is 0. The van der Waals surface area contributed by atoms with Crippen LogP contribution in [0.3, 0.4) is 0 Å². The van der Waals surface area contributed by atoms with Gasteiger partial charge in [-0.15, -0.1) is 0 Å². The number of halogens is 2. The van der Waals surface area contributed by atoms with Gasteiger partial charge in [-0.25, -0.2) is 4.39 Å². The zero-order valence-electron chi connectivity index (χ0n) is 12.0. The monoisotopic (exact) mass is 334 g/mol. The van der Waals surface area contributed by atoms with Gasteiger partial charge in [0.15, 0.2) is 6.10 Å². The quantitative estimate of drug-likeness (QED) is 0.884. The smallest absolute Gasteiger partial charge is 0.265 e. The molecule has 3 rings (SSSR count). The van der Waals surface area contributed by atoms with Gasteiger partial charge in [0, 0.05) is 0 Å². The molecule has 2 aromatic carbocycles. The van der Waals surface area contributed by atoms with Crippen molar-refractivity contribution in [2.45, 2.75) is 13.0 Å². The highest BCUT2D eigenvalue weighted by atomic mass is 35.5. The zero-order chi connectivity index (χ0) is 16.6. The van der Waals surface area contributed by atoms with Gasteiger partial charge < -0.3 is 15.4 Å². The van der Waals surface area contributed by atoms with Gasteiger partial charge in [-0.05, 0) is 31.2 Å². The number of rotatable bonds is 2. The van der Waals surface area contributed by atoms with E-state index in [2.05, 4.69) is 10.6 Å². The van der Waals surface area contributed by atoms with Crippen LogP contribution in [-0.2, 0) is 4.79 Å². The Morgan fingerprint density at radius 2 is 2.04 bits per heavy atom. The van der Waals surface area contributed by atoms with Gasteiger partial charge in [0.25, 0.3) is 11.8 Å². The predicted octanol–water partition coefficient (Wildman–Crippen LogP) is 3.45. The fourth-order valence-corrected chi connectivity index (χ4v) is 2.48. The van der Waals surface area contributed by atoms with Gasteiger partial charge in [0.1, 0.15) is 17.3 Å². The Kier molecular flexibility index (Phi) is 3.92. The fraction of sp³-hybridized carbons (Fsp3) is 0.125. The van der Waals surface area contributed by atoms with Crippen LogP contribution in [0.2, 0.25) is 5.02 Å². The highest BCUT2D eigenvalue weighted by Gasteiger charge is 2.26. The summed E-state index contributed by atoms with van der Waals surface area (Å²) in [4.78, 5) is 24.0. The van der Waals surface area contributed by atoms with Crippen molar-refractivity contribution in [3.05, 3.63) is 52.8 Å². The van der Waals surface area contributed by atoms with Crippen molar-refractivity contribution in [1.82, 2.24) is 0 Å². The van der Waals surface area contributed by atoms with Crippen LogP contribution in [-0.4, -0.2) is 17.9 Å². The number of amides is 2. The van der Waals surface area contributed by atoms with Crippen molar-refractivity contribution in [2.75, 3.05) is 10.6 Å². The summed E-state index contributed by atoms with van der Waals surface area (Å²) in [5.74, 6) is -1.35. The molecular formula is C16H12ClFN2O3. The van der Waals surface area contributed by atoms with Crippen LogP contribution in [0.5, 0.6) is 5.75 Å². The molecule has 1 aliphatic rings. The van der Waals surface area contributed by atoms with Crippen LogP contribution in [0, 0.1) is 5.82 Å². The lowest BCUT2D eigenvalue weighted by molar-refractivity contribution is -0.122. The molecule has 1 heterocycles. The van der Waals surface area contributed by atoms with E-state index < -0.39 is 17.8 Å². The Morgan fingerprint density at radius 3 is 2.78 bits per heavy atom. The second-order valence-electron chi connectivity index (χ2n) is 4.98. The first-order valence-corrected chi connectivity index (χ1v) is 7.21. The highest BCUT2D eigenvalue weighted by molar-refractivity contribution is 6.34. The molecule has 0 aromatic heterocycles. The number of nitrogens with one attached hydrogen (secondary N) is 2. The van der Waals surface area contributed by atoms with E-state index in [1.807, 2.05) is 0 Å². The molecule has 0 fully saturated rings. The Bertz CT molecular complexity index is 790. The predicted molar refractivity (Wildman–Crippen MR) is 84.5 cm³/mol. The maximum Gasteiger partial charge on any atom is 0.265 e. The molecule has 23 heavy (non-hydrogen) atoms. The molecule has 0 bridgehead atoms. The van der Waals surface area contributed by atoms with E-state index in [4.69, 9.17) is 16.3 Å². The minimum atomic E-state index is -0.728. The molecule has 7 heteroatoms. The Labute approximate surface area is 136 Å². The van der Waals surface area contributed by atoms with Crippen molar-refractivity contribution in [2.24, 2.45) is 0 Å². The van der Waals surface area contributed by atoms with E-state index in [1.54, 1.807) is 25.1 Å². The van der Waals surface area contributed by atoms with E-state index in [-0.39, 0.29) is 16.5 Å². The number of carbonyl (C=O) groups is 2. The van der Waals surface area contributed by atoms with Crippen LogP contribution in [0.4, 0.5) is 15.8 Å². The number of anilines is 2. The number of hydrogen-bond donors (Lipinski definition) is 2. The van der Waals surface area contributed by atoms with Gasteiger partial charge in [0.05, 0.1) is 16.3 Å². The third kappa shape index (κ3) is 2.85. The van der Waals surface area contributed by atoms with Crippen LogP contribution in [0.25, 0.3) is 0 Å². The number of benzene rings is 2. The first-order chi connectivity index (χ1) is 11.0. The Hall–Kier alpha value is -2.60. The van der Waals surface area contributed by atoms with E-state index in [0.717, 1.165) is 6.07 Å². The standard InChI is InChI=1S/C16H12ClFN2O3/c1-8-15(21)20-14-11(6-3-7-12(14)23-8)19-16(22)13-9(17)4-2-5-10(13)18/h2-8H,1H3,(H,19,22)(H,20,21). The summed E-state index contributed by atoms with van der Waals surface area (Å²) >= 11 is 5.88. The first kappa shape index (κ1) is 15.3.